The number of hydrogen-bond acceptors (Lipinski definition) is 4. The van der Waals surface area contributed by atoms with E-state index in [0.29, 0.717) is 22.5 Å². The van der Waals surface area contributed by atoms with Gasteiger partial charge in [0.2, 0.25) is 0 Å². The van der Waals surface area contributed by atoms with Crippen molar-refractivity contribution < 1.29 is 9.59 Å². The van der Waals surface area contributed by atoms with E-state index in [2.05, 4.69) is 15.8 Å². The van der Waals surface area contributed by atoms with Crippen molar-refractivity contribution in [3.63, 3.8) is 0 Å². The zero-order valence-corrected chi connectivity index (χ0v) is 14.0. The van der Waals surface area contributed by atoms with E-state index in [1.165, 1.54) is 6.21 Å². The fourth-order valence-electron chi connectivity index (χ4n) is 1.71. The lowest BCUT2D eigenvalue weighted by Crippen LogP contribution is -2.26. The molecule has 6 heteroatoms. The van der Waals surface area contributed by atoms with Crippen molar-refractivity contribution in [1.29, 1.82) is 0 Å². The first-order valence-electron chi connectivity index (χ1n) is 7.48. The third-order valence-corrected chi connectivity index (χ3v) is 3.03. The van der Waals surface area contributed by atoms with Gasteiger partial charge in [-0.25, -0.2) is 5.43 Å². The van der Waals surface area contributed by atoms with Crippen LogP contribution < -0.4 is 16.5 Å². The summed E-state index contributed by atoms with van der Waals surface area (Å²) in [7, 11) is 0. The summed E-state index contributed by atoms with van der Waals surface area (Å²) in [4.78, 5) is 24.1. The number of hydrogen-bond donors (Lipinski definition) is 3. The second kappa shape index (κ2) is 9.78. The first kappa shape index (κ1) is 18.9. The maximum atomic E-state index is 12.3. The van der Waals surface area contributed by atoms with Crippen LogP contribution in [0.2, 0.25) is 0 Å². The Morgan fingerprint density at radius 2 is 1.62 bits per heavy atom. The van der Waals surface area contributed by atoms with E-state index in [4.69, 9.17) is 5.73 Å². The predicted octanol–water partition coefficient (Wildman–Crippen LogP) is 2.47. The van der Waals surface area contributed by atoms with Gasteiger partial charge in [-0.05, 0) is 51.1 Å². The van der Waals surface area contributed by atoms with Gasteiger partial charge in [-0.1, -0.05) is 18.2 Å². The quantitative estimate of drug-likeness (QED) is 0.425. The molecule has 0 aromatic heterocycles. The summed E-state index contributed by atoms with van der Waals surface area (Å²) in [5, 5.41) is 6.42. The number of nitrogens with zero attached hydrogens (tertiary/aromatic N) is 1. The monoisotopic (exact) mass is 326 g/mol. The van der Waals surface area contributed by atoms with Crippen LogP contribution in [0.15, 0.2) is 65.1 Å². The van der Waals surface area contributed by atoms with Crippen LogP contribution in [-0.4, -0.2) is 18.0 Å². The summed E-state index contributed by atoms with van der Waals surface area (Å²) >= 11 is 0. The van der Waals surface area contributed by atoms with Crippen LogP contribution in [0.4, 0.5) is 0 Å². The molecule has 0 bridgehead atoms. The van der Waals surface area contributed by atoms with E-state index < -0.39 is 0 Å². The SMILES string of the molecule is C\C=C/C=C(NC(=O)c1ccc(C(=O)N/N=C/C)cc1)\C(N)=C/C. The van der Waals surface area contributed by atoms with Crippen LogP contribution >= 0.6 is 0 Å². The van der Waals surface area contributed by atoms with E-state index in [1.807, 2.05) is 13.0 Å². The summed E-state index contributed by atoms with van der Waals surface area (Å²) in [6, 6.07) is 6.26. The standard InChI is InChI=1S/C18H22N4O2/c1-4-7-8-16(15(19)5-2)21-17(23)13-9-11-14(12-10-13)18(24)22-20-6-3/h4-12H,19H2,1-3H3,(H,21,23)(H,22,24)/b7-4-,15-5+,16-8+,20-6+. The Kier molecular flexibility index (Phi) is 7.70. The van der Waals surface area contributed by atoms with Crippen LogP contribution in [-0.2, 0) is 0 Å². The maximum Gasteiger partial charge on any atom is 0.271 e. The molecule has 1 rings (SSSR count). The van der Waals surface area contributed by atoms with Crippen molar-refractivity contribution in [1.82, 2.24) is 10.7 Å². The number of carbonyl (C=O) groups is 2. The van der Waals surface area contributed by atoms with Crippen molar-refractivity contribution in [3.05, 3.63) is 71.1 Å². The molecule has 0 atom stereocenters. The highest BCUT2D eigenvalue weighted by Crippen LogP contribution is 2.07. The summed E-state index contributed by atoms with van der Waals surface area (Å²) in [5.74, 6) is -0.652. The van der Waals surface area contributed by atoms with Gasteiger partial charge in [-0.3, -0.25) is 9.59 Å². The largest absolute Gasteiger partial charge is 0.397 e. The molecule has 0 heterocycles. The lowest BCUT2D eigenvalue weighted by atomic mass is 10.1. The molecule has 0 aliphatic carbocycles. The van der Waals surface area contributed by atoms with Gasteiger partial charge in [-0.2, -0.15) is 5.10 Å². The molecule has 0 radical (unpaired) electrons. The van der Waals surface area contributed by atoms with Gasteiger partial charge in [0.15, 0.2) is 0 Å². The highest BCUT2D eigenvalue weighted by atomic mass is 16.2. The van der Waals surface area contributed by atoms with Gasteiger partial charge in [0, 0.05) is 17.3 Å². The van der Waals surface area contributed by atoms with Gasteiger partial charge in [0.05, 0.1) is 11.4 Å². The number of allylic oxidation sites excluding steroid dienone is 4. The third-order valence-electron chi connectivity index (χ3n) is 3.03. The van der Waals surface area contributed by atoms with E-state index in [1.54, 1.807) is 56.3 Å². The molecule has 0 saturated carbocycles. The zero-order chi connectivity index (χ0) is 17.9. The minimum atomic E-state index is -0.341. The maximum absolute atomic E-state index is 12.3. The highest BCUT2D eigenvalue weighted by molar-refractivity contribution is 5.98. The molecular formula is C18H22N4O2. The molecule has 2 amide bonds. The number of hydrazone groups is 1. The molecule has 0 fully saturated rings. The average molecular weight is 326 g/mol. The van der Waals surface area contributed by atoms with Gasteiger partial charge in [0.25, 0.3) is 11.8 Å². The first-order chi connectivity index (χ1) is 11.5. The fraction of sp³-hybridized carbons (Fsp3) is 0.167. The minimum absolute atomic E-state index is 0.311. The molecule has 126 valence electrons. The van der Waals surface area contributed by atoms with E-state index >= 15 is 0 Å². The summed E-state index contributed by atoms with van der Waals surface area (Å²) in [6.45, 7) is 5.36. The molecule has 0 saturated heterocycles. The van der Waals surface area contributed by atoms with E-state index in [-0.39, 0.29) is 11.8 Å². The Hall–Kier alpha value is -3.15. The van der Waals surface area contributed by atoms with Crippen LogP contribution in [0, 0.1) is 0 Å². The summed E-state index contributed by atoms with van der Waals surface area (Å²) in [5.41, 5.74) is 10.0. The molecule has 0 aliphatic rings. The van der Waals surface area contributed by atoms with Crippen molar-refractivity contribution in [2.24, 2.45) is 10.8 Å². The van der Waals surface area contributed by atoms with Crippen LogP contribution in [0.1, 0.15) is 41.5 Å². The molecule has 6 nitrogen and oxygen atoms in total. The number of rotatable bonds is 6. The van der Waals surface area contributed by atoms with Crippen molar-refractivity contribution >= 4 is 18.0 Å². The second-order valence-electron chi connectivity index (χ2n) is 4.71. The van der Waals surface area contributed by atoms with Crippen molar-refractivity contribution in [2.45, 2.75) is 20.8 Å². The number of benzene rings is 1. The van der Waals surface area contributed by atoms with Crippen LogP contribution in [0.5, 0.6) is 0 Å². The van der Waals surface area contributed by atoms with E-state index in [9.17, 15) is 9.59 Å². The Labute approximate surface area is 141 Å². The molecule has 24 heavy (non-hydrogen) atoms. The Morgan fingerprint density at radius 3 is 2.12 bits per heavy atom. The van der Waals surface area contributed by atoms with Gasteiger partial charge in [-0.15, -0.1) is 0 Å². The lowest BCUT2D eigenvalue weighted by molar-refractivity contribution is 0.0947. The third kappa shape index (κ3) is 5.57. The number of nitrogens with two attached hydrogens (primary N) is 1. The molecule has 0 unspecified atom stereocenters. The normalized spacial score (nSPS) is 12.6. The Balaban J connectivity index is 2.89. The second-order valence-corrected chi connectivity index (χ2v) is 4.71. The number of amides is 2. The summed E-state index contributed by atoms with van der Waals surface area (Å²) in [6.07, 6.45) is 8.52. The Morgan fingerprint density at radius 1 is 1.04 bits per heavy atom. The van der Waals surface area contributed by atoms with Crippen LogP contribution in [0.25, 0.3) is 0 Å². The zero-order valence-electron chi connectivity index (χ0n) is 14.0. The fourth-order valence-corrected chi connectivity index (χ4v) is 1.71. The molecule has 4 N–H and O–H groups in total. The van der Waals surface area contributed by atoms with Gasteiger partial charge in [0.1, 0.15) is 0 Å². The molecule has 0 spiro atoms. The number of nitrogens with one attached hydrogen (secondary N) is 2. The lowest BCUT2D eigenvalue weighted by Gasteiger charge is -2.10. The van der Waals surface area contributed by atoms with Crippen molar-refractivity contribution in [2.75, 3.05) is 0 Å². The molecule has 1 aromatic rings. The smallest absolute Gasteiger partial charge is 0.271 e. The molecule has 0 aliphatic heterocycles. The Bertz CT molecular complexity index is 698. The minimum Gasteiger partial charge on any atom is -0.397 e. The molecule has 1 aromatic carbocycles. The summed E-state index contributed by atoms with van der Waals surface area (Å²) < 4.78 is 0. The molecular weight excluding hydrogens is 304 g/mol. The van der Waals surface area contributed by atoms with Gasteiger partial charge >= 0.3 is 0 Å². The van der Waals surface area contributed by atoms with Crippen LogP contribution in [0.3, 0.4) is 0 Å². The van der Waals surface area contributed by atoms with Crippen molar-refractivity contribution in [3.8, 4) is 0 Å². The number of carbonyl (C=O) groups excluding carboxylic acids is 2. The average Bonchev–Trinajstić information content (AvgIpc) is 2.62. The van der Waals surface area contributed by atoms with Gasteiger partial charge < -0.3 is 11.1 Å². The van der Waals surface area contributed by atoms with E-state index in [0.717, 1.165) is 0 Å². The first-order valence-corrected chi connectivity index (χ1v) is 7.48. The topological polar surface area (TPSA) is 96.6 Å². The predicted molar refractivity (Wildman–Crippen MR) is 96.4 cm³/mol. The highest BCUT2D eigenvalue weighted by Gasteiger charge is 2.10.